The van der Waals surface area contributed by atoms with E-state index in [9.17, 15) is 14.7 Å². The zero-order chi connectivity index (χ0) is 26.4. The first kappa shape index (κ1) is 28.1. The number of nitrogens with one attached hydrogen (secondary N) is 1. The zero-order valence-corrected chi connectivity index (χ0v) is 24.8. The summed E-state index contributed by atoms with van der Waals surface area (Å²) < 4.78 is 20.6. The van der Waals surface area contributed by atoms with Gasteiger partial charge in [0.15, 0.2) is 5.17 Å². The van der Waals surface area contributed by atoms with Crippen LogP contribution >= 0.6 is 27.7 Å². The number of halogens is 2. The predicted octanol–water partition coefficient (Wildman–Crippen LogP) is 5.87. The fourth-order valence-corrected chi connectivity index (χ4v) is 6.88. The number of hydrogen-bond acceptors (Lipinski definition) is 5. The van der Waals surface area contributed by atoms with Gasteiger partial charge in [-0.1, -0.05) is 47.3 Å². The van der Waals surface area contributed by atoms with Gasteiger partial charge in [-0.15, -0.1) is 0 Å². The van der Waals surface area contributed by atoms with Gasteiger partial charge in [0, 0.05) is 36.2 Å². The van der Waals surface area contributed by atoms with Crippen LogP contribution in [0.3, 0.4) is 0 Å². The summed E-state index contributed by atoms with van der Waals surface area (Å²) in [5.41, 5.74) is -1.28. The lowest BCUT2D eigenvalue weighted by molar-refractivity contribution is -0.123. The third-order valence-corrected chi connectivity index (χ3v) is 9.91. The van der Waals surface area contributed by atoms with E-state index in [1.165, 1.54) is 6.07 Å². The summed E-state index contributed by atoms with van der Waals surface area (Å²) in [6, 6.07) is 5.51. The van der Waals surface area contributed by atoms with Crippen molar-refractivity contribution < 1.29 is 23.8 Å². The van der Waals surface area contributed by atoms with E-state index in [0.29, 0.717) is 23.1 Å². The molecule has 11 heteroatoms. The molecule has 3 rings (SSSR count). The highest BCUT2D eigenvalue weighted by atomic mass is 79.9. The molecule has 1 aliphatic heterocycles. The van der Waals surface area contributed by atoms with Gasteiger partial charge in [0.05, 0.1) is 5.54 Å². The van der Waals surface area contributed by atoms with E-state index in [0.717, 1.165) is 22.7 Å². The van der Waals surface area contributed by atoms with Crippen molar-refractivity contribution in [1.29, 1.82) is 0 Å². The Morgan fingerprint density at radius 1 is 1.37 bits per heavy atom. The molecule has 0 aromatic heterocycles. The number of hydrogen-bond donors (Lipinski definition) is 2. The van der Waals surface area contributed by atoms with Gasteiger partial charge in [0.25, 0.3) is 0 Å². The minimum Gasteiger partial charge on any atom is -0.465 e. The lowest BCUT2D eigenvalue weighted by Gasteiger charge is -2.37. The maximum Gasteiger partial charge on any atom is 0.415 e. The van der Waals surface area contributed by atoms with E-state index < -0.39 is 35.8 Å². The van der Waals surface area contributed by atoms with Gasteiger partial charge in [-0.2, -0.15) is 0 Å². The number of carbonyl (C=O) groups is 2. The monoisotopic (exact) mass is 587 g/mol. The zero-order valence-electron chi connectivity index (χ0n) is 21.4. The van der Waals surface area contributed by atoms with Crippen molar-refractivity contribution in [2.24, 2.45) is 10.9 Å². The molecule has 1 aromatic carbocycles. The Labute approximate surface area is 220 Å². The molecule has 2 aliphatic rings. The van der Waals surface area contributed by atoms with E-state index in [4.69, 9.17) is 9.73 Å². The molecule has 0 bridgehead atoms. The number of ether oxygens (including phenoxy) is 1. The van der Waals surface area contributed by atoms with Crippen molar-refractivity contribution in [2.75, 3.05) is 13.3 Å². The van der Waals surface area contributed by atoms with E-state index in [-0.39, 0.29) is 23.7 Å². The molecule has 1 fully saturated rings. The molecule has 0 saturated heterocycles. The molecule has 1 heterocycles. The van der Waals surface area contributed by atoms with Crippen molar-refractivity contribution in [1.82, 2.24) is 10.2 Å². The Bertz CT molecular complexity index is 1040. The van der Waals surface area contributed by atoms with Crippen LogP contribution in [-0.4, -0.2) is 58.9 Å². The second-order valence-corrected chi connectivity index (χ2v) is 19.5. The number of amidine groups is 1. The van der Waals surface area contributed by atoms with Gasteiger partial charge in [0.2, 0.25) is 5.91 Å². The number of benzene rings is 1. The Morgan fingerprint density at radius 3 is 2.60 bits per heavy atom. The summed E-state index contributed by atoms with van der Waals surface area (Å²) in [6.45, 7) is 14.3. The minimum atomic E-state index is -1.35. The average Bonchev–Trinajstić information content (AvgIpc) is 3.44. The summed E-state index contributed by atoms with van der Waals surface area (Å²) >= 11 is 4.55. The molecule has 194 valence electrons. The first-order valence-corrected chi connectivity index (χ1v) is 17.0. The molecular weight excluding hydrogens is 553 g/mol. The molecular formula is C24H35BrFN3O4SSi. The predicted molar refractivity (Wildman–Crippen MR) is 144 cm³/mol. The van der Waals surface area contributed by atoms with Crippen LogP contribution < -0.4 is 5.32 Å². The molecule has 3 atom stereocenters. The average molecular weight is 589 g/mol. The summed E-state index contributed by atoms with van der Waals surface area (Å²) in [7, 11) is -1.35. The molecule has 1 saturated carbocycles. The number of aliphatic imine (C=N–C) groups is 1. The Kier molecular flexibility index (Phi) is 7.87. The fourth-order valence-electron chi connectivity index (χ4n) is 4.19. The lowest BCUT2D eigenvalue weighted by atomic mass is 9.85. The third kappa shape index (κ3) is 6.29. The molecule has 1 aliphatic carbocycles. The number of amides is 2. The molecule has 1 aromatic rings. The lowest BCUT2D eigenvalue weighted by Crippen LogP contribution is -2.51. The van der Waals surface area contributed by atoms with Gasteiger partial charge >= 0.3 is 6.09 Å². The van der Waals surface area contributed by atoms with Crippen LogP contribution in [0.5, 0.6) is 0 Å². The van der Waals surface area contributed by atoms with Crippen LogP contribution in [0.2, 0.25) is 25.7 Å². The van der Waals surface area contributed by atoms with Gasteiger partial charge in [-0.3, -0.25) is 9.79 Å². The summed E-state index contributed by atoms with van der Waals surface area (Å²) in [5, 5.41) is 13.2. The number of fused-ring (bicyclic) bond motifs is 1. The second kappa shape index (κ2) is 9.79. The normalized spacial score (nSPS) is 26.0. The first-order valence-electron chi connectivity index (χ1n) is 11.6. The molecule has 35 heavy (non-hydrogen) atoms. The van der Waals surface area contributed by atoms with Crippen LogP contribution in [-0.2, 0) is 15.1 Å². The SMILES string of the molecule is CC(C)(C)NC(=O)[C@]12C[C@H]1[C@@](C)(c1cc(Br)ccc1F)N=C(N(COCC[Si](C)(C)C)C(=O)O)S2. The number of thioether (sulfide) groups is 1. The standard InChI is InChI=1S/C24H35BrFN3O4SSi/c1-22(2,3)27-19(30)24-13-18(24)23(4,16-12-15(25)8-9-17(16)26)28-20(34-24)29(21(31)32)14-33-10-11-35(5,6)7/h8-9,12,18H,10-11,13-14H2,1-7H3,(H,27,30)(H,31,32)/t18-,23+,24-/m0/s1. The van der Waals surface area contributed by atoms with E-state index in [1.807, 2.05) is 20.8 Å². The highest BCUT2D eigenvalue weighted by Gasteiger charge is 2.71. The topological polar surface area (TPSA) is 91.2 Å². The van der Waals surface area contributed by atoms with Crippen molar-refractivity contribution in [3.05, 3.63) is 34.1 Å². The number of carbonyl (C=O) groups excluding carboxylic acids is 1. The Morgan fingerprint density at radius 2 is 2.03 bits per heavy atom. The summed E-state index contributed by atoms with van der Waals surface area (Å²) in [5.74, 6) is -0.937. The molecule has 2 N–H and O–H groups in total. The van der Waals surface area contributed by atoms with Gasteiger partial charge in [0.1, 0.15) is 17.3 Å². The highest BCUT2D eigenvalue weighted by molar-refractivity contribution is 9.10. The Balaban J connectivity index is 2.01. The smallest absolute Gasteiger partial charge is 0.415 e. The van der Waals surface area contributed by atoms with Gasteiger partial charge < -0.3 is 15.2 Å². The number of nitrogens with zero attached hydrogens (tertiary/aromatic N) is 2. The third-order valence-electron chi connectivity index (χ3n) is 6.22. The largest absolute Gasteiger partial charge is 0.465 e. The molecule has 0 unspecified atom stereocenters. The van der Waals surface area contributed by atoms with Crippen molar-refractivity contribution in [3.8, 4) is 0 Å². The van der Waals surface area contributed by atoms with Crippen molar-refractivity contribution in [3.63, 3.8) is 0 Å². The maximum absolute atomic E-state index is 15.1. The number of carboxylic acid groups (broad SMARTS) is 1. The molecule has 0 radical (unpaired) electrons. The van der Waals surface area contributed by atoms with E-state index >= 15 is 4.39 Å². The fraction of sp³-hybridized carbons (Fsp3) is 0.625. The summed E-state index contributed by atoms with van der Waals surface area (Å²) in [4.78, 5) is 31.6. The van der Waals surface area contributed by atoms with E-state index in [1.54, 1.807) is 19.1 Å². The quantitative estimate of drug-likeness (QED) is 0.236. The van der Waals surface area contributed by atoms with Crippen LogP contribution in [0.1, 0.15) is 39.7 Å². The second-order valence-electron chi connectivity index (χ2n) is 11.7. The van der Waals surface area contributed by atoms with Crippen LogP contribution in [0, 0.1) is 11.7 Å². The molecule has 0 spiro atoms. The number of rotatable bonds is 7. The van der Waals surface area contributed by atoms with Crippen molar-refractivity contribution in [2.45, 2.75) is 75.6 Å². The van der Waals surface area contributed by atoms with Crippen LogP contribution in [0.25, 0.3) is 0 Å². The van der Waals surface area contributed by atoms with Gasteiger partial charge in [-0.25, -0.2) is 14.1 Å². The van der Waals surface area contributed by atoms with Crippen molar-refractivity contribution >= 4 is 52.9 Å². The van der Waals surface area contributed by atoms with Crippen LogP contribution in [0.4, 0.5) is 9.18 Å². The molecule has 2 amide bonds. The van der Waals surface area contributed by atoms with Gasteiger partial charge in [-0.05, 0) is 58.4 Å². The van der Waals surface area contributed by atoms with Crippen LogP contribution in [0.15, 0.2) is 27.7 Å². The first-order chi connectivity index (χ1) is 16.0. The van der Waals surface area contributed by atoms with E-state index in [2.05, 4.69) is 40.9 Å². The maximum atomic E-state index is 15.1. The Hall–Kier alpha value is -1.43. The minimum absolute atomic E-state index is 0.144. The molecule has 7 nitrogen and oxygen atoms in total. The summed E-state index contributed by atoms with van der Waals surface area (Å²) in [6.07, 6.45) is -0.773. The highest BCUT2D eigenvalue weighted by Crippen LogP contribution is 2.66.